The summed E-state index contributed by atoms with van der Waals surface area (Å²) in [4.78, 5) is 23.7. The monoisotopic (exact) mass is 405 g/mol. The zero-order valence-electron chi connectivity index (χ0n) is 15.9. The number of halogens is 1. The lowest BCUT2D eigenvalue weighted by molar-refractivity contribution is -0.149. The SMILES string of the molecule is CCOc1ccc(OCCC(=O)OCC(=O)NC(C)c2ccc(Cl)cc2)cc1. The van der Waals surface area contributed by atoms with E-state index in [1.165, 1.54) is 0 Å². The molecule has 0 heterocycles. The van der Waals surface area contributed by atoms with Gasteiger partial charge in [0, 0.05) is 5.02 Å². The van der Waals surface area contributed by atoms with Crippen LogP contribution in [0.15, 0.2) is 48.5 Å². The fourth-order valence-electron chi connectivity index (χ4n) is 2.39. The maximum Gasteiger partial charge on any atom is 0.309 e. The molecule has 7 heteroatoms. The number of nitrogens with one attached hydrogen (secondary N) is 1. The van der Waals surface area contributed by atoms with E-state index in [0.29, 0.717) is 17.4 Å². The molecule has 6 nitrogen and oxygen atoms in total. The minimum atomic E-state index is -0.500. The van der Waals surface area contributed by atoms with Crippen LogP contribution in [0, 0.1) is 0 Å². The van der Waals surface area contributed by atoms with Crippen LogP contribution in [0.2, 0.25) is 5.02 Å². The minimum Gasteiger partial charge on any atom is -0.494 e. The van der Waals surface area contributed by atoms with Gasteiger partial charge < -0.3 is 19.5 Å². The van der Waals surface area contributed by atoms with Gasteiger partial charge in [0.15, 0.2) is 6.61 Å². The third-order valence-electron chi connectivity index (χ3n) is 3.82. The molecule has 28 heavy (non-hydrogen) atoms. The molecule has 0 aliphatic carbocycles. The summed E-state index contributed by atoms with van der Waals surface area (Å²) in [5, 5.41) is 3.39. The van der Waals surface area contributed by atoms with E-state index in [1.807, 2.05) is 26.0 Å². The first kappa shape index (κ1) is 21.6. The summed E-state index contributed by atoms with van der Waals surface area (Å²) in [5.41, 5.74) is 0.910. The third-order valence-corrected chi connectivity index (χ3v) is 4.07. The van der Waals surface area contributed by atoms with E-state index >= 15 is 0 Å². The van der Waals surface area contributed by atoms with Gasteiger partial charge in [-0.2, -0.15) is 0 Å². The van der Waals surface area contributed by atoms with Crippen LogP contribution in [0.5, 0.6) is 11.5 Å². The lowest BCUT2D eigenvalue weighted by Gasteiger charge is -2.14. The molecule has 0 bridgehead atoms. The summed E-state index contributed by atoms with van der Waals surface area (Å²) in [6.07, 6.45) is 0.0488. The molecule has 1 N–H and O–H groups in total. The molecule has 150 valence electrons. The summed E-state index contributed by atoms with van der Waals surface area (Å²) in [7, 11) is 0. The van der Waals surface area contributed by atoms with Crippen molar-refractivity contribution in [3.8, 4) is 11.5 Å². The summed E-state index contributed by atoms with van der Waals surface area (Å²) < 4.78 is 15.8. The average molecular weight is 406 g/mol. The molecule has 1 unspecified atom stereocenters. The average Bonchev–Trinajstić information content (AvgIpc) is 2.68. The molecular weight excluding hydrogens is 382 g/mol. The van der Waals surface area contributed by atoms with Gasteiger partial charge in [-0.3, -0.25) is 9.59 Å². The maximum absolute atomic E-state index is 11.9. The summed E-state index contributed by atoms with van der Waals surface area (Å²) in [6, 6.07) is 14.1. The Morgan fingerprint density at radius 1 is 1.00 bits per heavy atom. The van der Waals surface area contributed by atoms with Gasteiger partial charge in [0.1, 0.15) is 11.5 Å². The van der Waals surface area contributed by atoms with E-state index < -0.39 is 5.97 Å². The van der Waals surface area contributed by atoms with Gasteiger partial charge in [-0.1, -0.05) is 23.7 Å². The highest BCUT2D eigenvalue weighted by atomic mass is 35.5. The van der Waals surface area contributed by atoms with Gasteiger partial charge in [0.2, 0.25) is 0 Å². The normalized spacial score (nSPS) is 11.4. The van der Waals surface area contributed by atoms with E-state index in [1.54, 1.807) is 36.4 Å². The molecular formula is C21H24ClNO5. The number of esters is 1. The molecule has 1 amide bonds. The lowest BCUT2D eigenvalue weighted by atomic mass is 10.1. The largest absolute Gasteiger partial charge is 0.494 e. The van der Waals surface area contributed by atoms with E-state index in [9.17, 15) is 9.59 Å². The highest BCUT2D eigenvalue weighted by Gasteiger charge is 2.12. The number of carbonyl (C=O) groups is 2. The molecule has 2 aromatic carbocycles. The van der Waals surface area contributed by atoms with Gasteiger partial charge in [-0.05, 0) is 55.8 Å². The quantitative estimate of drug-likeness (QED) is 0.606. The second-order valence-electron chi connectivity index (χ2n) is 6.00. The number of rotatable bonds is 10. The smallest absolute Gasteiger partial charge is 0.309 e. The molecule has 2 rings (SSSR count). The van der Waals surface area contributed by atoms with Crippen molar-refractivity contribution in [3.63, 3.8) is 0 Å². The van der Waals surface area contributed by atoms with Crippen LogP contribution in [0.4, 0.5) is 0 Å². The van der Waals surface area contributed by atoms with Crippen molar-refractivity contribution < 1.29 is 23.8 Å². The Kier molecular flexibility index (Phi) is 8.62. The van der Waals surface area contributed by atoms with Crippen molar-refractivity contribution in [1.82, 2.24) is 5.32 Å². The van der Waals surface area contributed by atoms with Crippen LogP contribution in [0.1, 0.15) is 31.9 Å². The van der Waals surface area contributed by atoms with Crippen LogP contribution in [0.25, 0.3) is 0 Å². The van der Waals surface area contributed by atoms with Crippen molar-refractivity contribution in [2.45, 2.75) is 26.3 Å². The standard InChI is InChI=1S/C21H24ClNO5/c1-3-26-18-8-10-19(11-9-18)27-13-12-21(25)28-14-20(24)23-15(2)16-4-6-17(22)7-5-16/h4-11,15H,3,12-14H2,1-2H3,(H,23,24). The Hall–Kier alpha value is -2.73. The highest BCUT2D eigenvalue weighted by molar-refractivity contribution is 6.30. The van der Waals surface area contributed by atoms with Crippen LogP contribution < -0.4 is 14.8 Å². The van der Waals surface area contributed by atoms with Crippen molar-refractivity contribution in [3.05, 3.63) is 59.1 Å². The second-order valence-corrected chi connectivity index (χ2v) is 6.44. The fraction of sp³-hybridized carbons (Fsp3) is 0.333. The second kappa shape index (κ2) is 11.2. The molecule has 0 aromatic heterocycles. The number of ether oxygens (including phenoxy) is 3. The van der Waals surface area contributed by atoms with Crippen LogP contribution >= 0.6 is 11.6 Å². The number of amides is 1. The Bertz CT molecular complexity index is 761. The lowest BCUT2D eigenvalue weighted by Crippen LogP contribution is -2.31. The Morgan fingerprint density at radius 3 is 2.21 bits per heavy atom. The number of benzene rings is 2. The molecule has 0 fully saturated rings. The van der Waals surface area contributed by atoms with Gasteiger partial charge >= 0.3 is 5.97 Å². The molecule has 0 aliphatic heterocycles. The Balaban J connectivity index is 1.64. The van der Waals surface area contributed by atoms with E-state index in [-0.39, 0.29) is 31.6 Å². The van der Waals surface area contributed by atoms with Crippen molar-refractivity contribution >= 4 is 23.5 Å². The molecule has 2 aromatic rings. The first-order valence-corrected chi connectivity index (χ1v) is 9.42. The first-order chi connectivity index (χ1) is 13.5. The van der Waals surface area contributed by atoms with Crippen molar-refractivity contribution in [2.24, 2.45) is 0 Å². The van der Waals surface area contributed by atoms with Crippen LogP contribution in [-0.2, 0) is 14.3 Å². The van der Waals surface area contributed by atoms with Crippen LogP contribution in [-0.4, -0.2) is 31.7 Å². The maximum atomic E-state index is 11.9. The van der Waals surface area contributed by atoms with Gasteiger partial charge in [-0.25, -0.2) is 0 Å². The molecule has 0 saturated heterocycles. The Morgan fingerprint density at radius 2 is 1.61 bits per heavy atom. The first-order valence-electron chi connectivity index (χ1n) is 9.04. The van der Waals surface area contributed by atoms with Gasteiger partial charge in [0.05, 0.1) is 25.7 Å². The molecule has 1 atom stereocenters. The van der Waals surface area contributed by atoms with E-state index in [2.05, 4.69) is 5.32 Å². The van der Waals surface area contributed by atoms with Crippen molar-refractivity contribution in [2.75, 3.05) is 19.8 Å². The molecule has 0 saturated carbocycles. The highest BCUT2D eigenvalue weighted by Crippen LogP contribution is 2.18. The molecule has 0 spiro atoms. The molecule has 0 aliphatic rings. The van der Waals surface area contributed by atoms with Crippen LogP contribution in [0.3, 0.4) is 0 Å². The van der Waals surface area contributed by atoms with Gasteiger partial charge in [-0.15, -0.1) is 0 Å². The van der Waals surface area contributed by atoms with E-state index in [0.717, 1.165) is 11.3 Å². The topological polar surface area (TPSA) is 73.9 Å². The zero-order valence-corrected chi connectivity index (χ0v) is 16.7. The number of hydrogen-bond donors (Lipinski definition) is 1. The third kappa shape index (κ3) is 7.48. The predicted octanol–water partition coefficient (Wildman–Crippen LogP) is 3.93. The van der Waals surface area contributed by atoms with E-state index in [4.69, 9.17) is 25.8 Å². The summed E-state index contributed by atoms with van der Waals surface area (Å²) >= 11 is 5.85. The number of carbonyl (C=O) groups excluding carboxylic acids is 2. The molecule has 0 radical (unpaired) electrons. The predicted molar refractivity (Wildman–Crippen MR) is 107 cm³/mol. The zero-order chi connectivity index (χ0) is 20.4. The minimum absolute atomic E-state index is 0.0488. The summed E-state index contributed by atoms with van der Waals surface area (Å²) in [5.74, 6) is 0.516. The number of hydrogen-bond acceptors (Lipinski definition) is 5. The summed E-state index contributed by atoms with van der Waals surface area (Å²) in [6.45, 7) is 4.18. The van der Waals surface area contributed by atoms with Gasteiger partial charge in [0.25, 0.3) is 5.91 Å². The fourth-order valence-corrected chi connectivity index (χ4v) is 2.51. The Labute approximate surface area is 169 Å². The van der Waals surface area contributed by atoms with Crippen molar-refractivity contribution in [1.29, 1.82) is 0 Å².